The highest BCUT2D eigenvalue weighted by molar-refractivity contribution is 5.53. The Morgan fingerprint density at radius 3 is 2.05 bits per heavy atom. The van der Waals surface area contributed by atoms with Gasteiger partial charge in [0.2, 0.25) is 0 Å². The first-order chi connectivity index (χ1) is 10.2. The number of azo groups is 1. The molecule has 0 aliphatic carbocycles. The van der Waals surface area contributed by atoms with Crippen molar-refractivity contribution in [1.29, 1.82) is 0 Å². The molecule has 0 aliphatic heterocycles. The van der Waals surface area contributed by atoms with Crippen LogP contribution in [-0.2, 0) is 12.8 Å². The molecule has 0 heterocycles. The Labute approximate surface area is 123 Å². The summed E-state index contributed by atoms with van der Waals surface area (Å²) in [4.78, 5) is 0. The quantitative estimate of drug-likeness (QED) is 0.714. The summed E-state index contributed by atoms with van der Waals surface area (Å²) in [7, 11) is 0. The topological polar surface area (TPSA) is 85.4 Å². The molecule has 0 spiro atoms. The number of aromatic hydroxyl groups is 1. The molecule has 3 N–H and O–H groups in total. The van der Waals surface area contributed by atoms with Crippen LogP contribution in [0.5, 0.6) is 5.75 Å². The molecule has 0 saturated carbocycles. The van der Waals surface area contributed by atoms with E-state index in [-0.39, 0.29) is 19.0 Å². The van der Waals surface area contributed by atoms with Gasteiger partial charge in [-0.1, -0.05) is 18.2 Å². The molecule has 0 aliphatic rings. The molecule has 0 unspecified atom stereocenters. The Kier molecular flexibility index (Phi) is 5.43. The number of benzene rings is 2. The third-order valence-corrected chi connectivity index (χ3v) is 3.05. The van der Waals surface area contributed by atoms with Gasteiger partial charge in [-0.15, -0.1) is 5.11 Å². The first-order valence-corrected chi connectivity index (χ1v) is 6.77. The van der Waals surface area contributed by atoms with Crippen LogP contribution in [0.1, 0.15) is 11.1 Å². The molecule has 5 nitrogen and oxygen atoms in total. The number of aliphatic hydroxyl groups is 2. The van der Waals surface area contributed by atoms with E-state index in [0.29, 0.717) is 24.2 Å². The minimum atomic E-state index is 0.0493. The Hall–Kier alpha value is -2.24. The molecule has 2 aromatic rings. The second-order valence-electron chi connectivity index (χ2n) is 4.64. The minimum absolute atomic E-state index is 0.0493. The van der Waals surface area contributed by atoms with Crippen LogP contribution >= 0.6 is 0 Å². The standard InChI is InChI=1S/C16H18N2O3/c19-9-7-12-1-4-14(5-2-12)17-18-15-11-13(8-10-20)3-6-16(15)21/h1-6,11,19-21H,7-10H2. The largest absolute Gasteiger partial charge is 0.506 e. The van der Waals surface area contributed by atoms with Gasteiger partial charge >= 0.3 is 0 Å². The molecule has 2 rings (SSSR count). The number of hydrogen-bond acceptors (Lipinski definition) is 5. The van der Waals surface area contributed by atoms with Crippen LogP contribution in [0.4, 0.5) is 11.4 Å². The third kappa shape index (κ3) is 4.37. The SMILES string of the molecule is OCCc1ccc(N=Nc2cc(CCO)ccc2O)cc1. The van der Waals surface area contributed by atoms with Crippen molar-refractivity contribution in [3.8, 4) is 5.75 Å². The maximum Gasteiger partial charge on any atom is 0.143 e. The molecule has 2 aromatic carbocycles. The monoisotopic (exact) mass is 286 g/mol. The van der Waals surface area contributed by atoms with E-state index in [4.69, 9.17) is 10.2 Å². The van der Waals surface area contributed by atoms with Crippen LogP contribution in [-0.4, -0.2) is 28.5 Å². The van der Waals surface area contributed by atoms with Crippen LogP contribution in [0.3, 0.4) is 0 Å². The number of phenols is 1. The van der Waals surface area contributed by atoms with Gasteiger partial charge in [0.05, 0.1) is 5.69 Å². The summed E-state index contributed by atoms with van der Waals surface area (Å²) >= 11 is 0. The Balaban J connectivity index is 2.14. The van der Waals surface area contributed by atoms with Crippen LogP contribution < -0.4 is 0 Å². The van der Waals surface area contributed by atoms with Crippen molar-refractivity contribution in [2.75, 3.05) is 13.2 Å². The lowest BCUT2D eigenvalue weighted by molar-refractivity contribution is 0.299. The molecular weight excluding hydrogens is 268 g/mol. The molecule has 21 heavy (non-hydrogen) atoms. The maximum atomic E-state index is 9.75. The normalized spacial score (nSPS) is 11.1. The zero-order chi connectivity index (χ0) is 15.1. The summed E-state index contributed by atoms with van der Waals surface area (Å²) in [5.74, 6) is 0.0531. The second kappa shape index (κ2) is 7.52. The number of phenolic OH excluding ortho intramolecular Hbond substituents is 1. The van der Waals surface area contributed by atoms with Crippen LogP contribution in [0, 0.1) is 0 Å². The van der Waals surface area contributed by atoms with E-state index in [1.54, 1.807) is 18.2 Å². The molecule has 0 fully saturated rings. The van der Waals surface area contributed by atoms with Gasteiger partial charge in [0.25, 0.3) is 0 Å². The zero-order valence-electron chi connectivity index (χ0n) is 11.6. The highest BCUT2D eigenvalue weighted by atomic mass is 16.3. The zero-order valence-corrected chi connectivity index (χ0v) is 11.6. The predicted octanol–water partition coefficient (Wildman–Crippen LogP) is 2.88. The van der Waals surface area contributed by atoms with Crippen LogP contribution in [0.2, 0.25) is 0 Å². The number of hydrogen-bond donors (Lipinski definition) is 3. The maximum absolute atomic E-state index is 9.75. The molecule has 0 radical (unpaired) electrons. The van der Waals surface area contributed by atoms with Crippen molar-refractivity contribution in [3.05, 3.63) is 53.6 Å². The molecule has 5 heteroatoms. The van der Waals surface area contributed by atoms with E-state index in [1.165, 1.54) is 0 Å². The first-order valence-electron chi connectivity index (χ1n) is 6.77. The van der Waals surface area contributed by atoms with Gasteiger partial charge in [-0.25, -0.2) is 0 Å². The summed E-state index contributed by atoms with van der Waals surface area (Å²) < 4.78 is 0. The Morgan fingerprint density at radius 2 is 1.38 bits per heavy atom. The van der Waals surface area contributed by atoms with Crippen molar-refractivity contribution in [2.24, 2.45) is 10.2 Å². The van der Waals surface area contributed by atoms with E-state index in [0.717, 1.165) is 11.1 Å². The van der Waals surface area contributed by atoms with Crippen LogP contribution in [0.15, 0.2) is 52.7 Å². The molecule has 0 bridgehead atoms. The van der Waals surface area contributed by atoms with Gasteiger partial charge in [-0.2, -0.15) is 5.11 Å². The van der Waals surface area contributed by atoms with Crippen LogP contribution in [0.25, 0.3) is 0 Å². The van der Waals surface area contributed by atoms with E-state index < -0.39 is 0 Å². The van der Waals surface area contributed by atoms with Gasteiger partial charge in [0.15, 0.2) is 0 Å². The fourth-order valence-corrected chi connectivity index (χ4v) is 1.90. The Bertz CT molecular complexity index is 609. The third-order valence-electron chi connectivity index (χ3n) is 3.05. The lowest BCUT2D eigenvalue weighted by Crippen LogP contribution is -1.89. The summed E-state index contributed by atoms with van der Waals surface area (Å²) in [6.45, 7) is 0.167. The predicted molar refractivity (Wildman–Crippen MR) is 80.3 cm³/mol. The summed E-state index contributed by atoms with van der Waals surface area (Å²) in [6, 6.07) is 12.4. The minimum Gasteiger partial charge on any atom is -0.506 e. The number of rotatable bonds is 6. The highest BCUT2D eigenvalue weighted by Gasteiger charge is 2.02. The van der Waals surface area contributed by atoms with E-state index in [9.17, 15) is 5.11 Å². The van der Waals surface area contributed by atoms with Gasteiger partial charge in [0.1, 0.15) is 11.4 Å². The van der Waals surface area contributed by atoms with Gasteiger partial charge in [-0.05, 0) is 48.2 Å². The number of aliphatic hydroxyl groups excluding tert-OH is 2. The molecule has 0 aromatic heterocycles. The van der Waals surface area contributed by atoms with Gasteiger partial charge in [-0.3, -0.25) is 0 Å². The average molecular weight is 286 g/mol. The molecule has 0 amide bonds. The summed E-state index contributed by atoms with van der Waals surface area (Å²) in [5.41, 5.74) is 2.97. The molecule has 110 valence electrons. The van der Waals surface area contributed by atoms with Crippen molar-refractivity contribution in [1.82, 2.24) is 0 Å². The lowest BCUT2D eigenvalue weighted by Gasteiger charge is -2.02. The fraction of sp³-hybridized carbons (Fsp3) is 0.250. The average Bonchev–Trinajstić information content (AvgIpc) is 2.50. The molecule has 0 saturated heterocycles. The Morgan fingerprint density at radius 1 is 0.762 bits per heavy atom. The first kappa shape index (κ1) is 15.2. The van der Waals surface area contributed by atoms with E-state index in [1.807, 2.05) is 24.3 Å². The fourth-order valence-electron chi connectivity index (χ4n) is 1.90. The van der Waals surface area contributed by atoms with E-state index in [2.05, 4.69) is 10.2 Å². The molecule has 0 atom stereocenters. The summed E-state index contributed by atoms with van der Waals surface area (Å²) in [5, 5.41) is 35.6. The van der Waals surface area contributed by atoms with Gasteiger partial charge < -0.3 is 15.3 Å². The smallest absolute Gasteiger partial charge is 0.143 e. The number of nitrogens with zero attached hydrogens (tertiary/aromatic N) is 2. The van der Waals surface area contributed by atoms with Crippen molar-refractivity contribution in [3.63, 3.8) is 0 Å². The second-order valence-corrected chi connectivity index (χ2v) is 4.64. The lowest BCUT2D eigenvalue weighted by atomic mass is 10.1. The van der Waals surface area contributed by atoms with E-state index >= 15 is 0 Å². The van der Waals surface area contributed by atoms with Crippen molar-refractivity contribution < 1.29 is 15.3 Å². The molecular formula is C16H18N2O3. The van der Waals surface area contributed by atoms with Crippen molar-refractivity contribution in [2.45, 2.75) is 12.8 Å². The highest BCUT2D eigenvalue weighted by Crippen LogP contribution is 2.29. The van der Waals surface area contributed by atoms with Gasteiger partial charge in [0, 0.05) is 13.2 Å². The van der Waals surface area contributed by atoms with Crippen molar-refractivity contribution >= 4 is 11.4 Å². The summed E-state index contributed by atoms with van der Waals surface area (Å²) in [6.07, 6.45) is 1.13.